The highest BCUT2D eigenvalue weighted by Crippen LogP contribution is 2.39. The van der Waals surface area contributed by atoms with Crippen LogP contribution in [0.25, 0.3) is 0 Å². The van der Waals surface area contributed by atoms with E-state index < -0.39 is 12.1 Å². The van der Waals surface area contributed by atoms with Gasteiger partial charge in [0, 0.05) is 37.4 Å². The summed E-state index contributed by atoms with van der Waals surface area (Å²) < 4.78 is 7.67. The number of morpholine rings is 1. The summed E-state index contributed by atoms with van der Waals surface area (Å²) >= 11 is 0. The van der Waals surface area contributed by atoms with Crippen molar-refractivity contribution in [3.8, 4) is 0 Å². The first-order valence-corrected chi connectivity index (χ1v) is 9.29. The Morgan fingerprint density at radius 1 is 1.37 bits per heavy atom. The first-order valence-electron chi connectivity index (χ1n) is 9.29. The molecule has 8 heteroatoms. The van der Waals surface area contributed by atoms with Crippen LogP contribution in [0.2, 0.25) is 0 Å². The fourth-order valence-electron chi connectivity index (χ4n) is 3.58. The molecule has 2 aromatic rings. The maximum atomic E-state index is 12.9. The Labute approximate surface area is 157 Å². The standard InChI is InChI=1S/C19H23N5O3/c1-2-23-9-8-21-15(23)11-22-19(26)18-17(13-4-3-7-20-10-13)24(14-5-6-14)16(25)12-27-18/h3-4,7-10,14,17-18H,2,5-6,11-12H2,1H3,(H,22,26). The van der Waals surface area contributed by atoms with Crippen LogP contribution in [0.5, 0.6) is 0 Å². The Morgan fingerprint density at radius 3 is 2.93 bits per heavy atom. The van der Waals surface area contributed by atoms with E-state index in [1.165, 1.54) is 0 Å². The number of imidazole rings is 1. The van der Waals surface area contributed by atoms with Crippen molar-refractivity contribution < 1.29 is 14.3 Å². The van der Waals surface area contributed by atoms with Gasteiger partial charge >= 0.3 is 0 Å². The van der Waals surface area contributed by atoms with Gasteiger partial charge in [-0.3, -0.25) is 14.6 Å². The van der Waals surface area contributed by atoms with Crippen molar-refractivity contribution in [3.05, 3.63) is 48.3 Å². The third kappa shape index (κ3) is 3.57. The lowest BCUT2D eigenvalue weighted by atomic mass is 9.98. The number of aryl methyl sites for hydroxylation is 1. The molecule has 1 N–H and O–H groups in total. The molecule has 4 rings (SSSR count). The third-order valence-electron chi connectivity index (χ3n) is 5.05. The van der Waals surface area contributed by atoms with E-state index in [4.69, 9.17) is 4.74 Å². The molecule has 1 aliphatic carbocycles. The van der Waals surface area contributed by atoms with Crippen molar-refractivity contribution in [1.29, 1.82) is 0 Å². The Kier molecular flexibility index (Phi) is 4.89. The number of amides is 2. The molecule has 142 valence electrons. The lowest BCUT2D eigenvalue weighted by Crippen LogP contribution is -2.55. The zero-order valence-corrected chi connectivity index (χ0v) is 15.2. The predicted molar refractivity (Wildman–Crippen MR) is 96.3 cm³/mol. The predicted octanol–water partition coefficient (Wildman–Crippen LogP) is 1.05. The average molecular weight is 369 g/mol. The van der Waals surface area contributed by atoms with Crippen molar-refractivity contribution in [2.24, 2.45) is 0 Å². The van der Waals surface area contributed by atoms with Crippen LogP contribution in [0.4, 0.5) is 0 Å². The van der Waals surface area contributed by atoms with Gasteiger partial charge in [0.1, 0.15) is 12.4 Å². The van der Waals surface area contributed by atoms with Crippen molar-refractivity contribution in [3.63, 3.8) is 0 Å². The molecular weight excluding hydrogens is 346 g/mol. The molecule has 2 fully saturated rings. The van der Waals surface area contributed by atoms with Crippen molar-refractivity contribution in [1.82, 2.24) is 24.8 Å². The monoisotopic (exact) mass is 369 g/mol. The summed E-state index contributed by atoms with van der Waals surface area (Å²) in [4.78, 5) is 35.7. The smallest absolute Gasteiger partial charge is 0.252 e. The lowest BCUT2D eigenvalue weighted by molar-refractivity contribution is -0.165. The van der Waals surface area contributed by atoms with E-state index in [9.17, 15) is 9.59 Å². The summed E-state index contributed by atoms with van der Waals surface area (Å²) in [5, 5.41) is 2.92. The summed E-state index contributed by atoms with van der Waals surface area (Å²) in [5.41, 5.74) is 0.813. The maximum absolute atomic E-state index is 12.9. The molecule has 0 bridgehead atoms. The number of ether oxygens (including phenoxy) is 1. The van der Waals surface area contributed by atoms with Gasteiger partial charge in [0.15, 0.2) is 6.10 Å². The minimum Gasteiger partial charge on any atom is -0.356 e. The van der Waals surface area contributed by atoms with Gasteiger partial charge in [-0.1, -0.05) is 6.07 Å². The van der Waals surface area contributed by atoms with Gasteiger partial charge in [-0.2, -0.15) is 0 Å². The number of nitrogens with one attached hydrogen (secondary N) is 1. The molecule has 0 spiro atoms. The number of carbonyl (C=O) groups excluding carboxylic acids is 2. The first-order chi connectivity index (χ1) is 13.2. The molecular formula is C19H23N5O3. The molecule has 2 aromatic heterocycles. The second-order valence-corrected chi connectivity index (χ2v) is 6.84. The zero-order valence-electron chi connectivity index (χ0n) is 15.2. The molecule has 3 heterocycles. The number of pyridine rings is 1. The minimum absolute atomic E-state index is 0.0723. The fraction of sp³-hybridized carbons (Fsp3) is 0.474. The second kappa shape index (κ2) is 7.48. The zero-order chi connectivity index (χ0) is 18.8. The highest BCUT2D eigenvalue weighted by atomic mass is 16.5. The van der Waals surface area contributed by atoms with E-state index in [1.807, 2.05) is 34.7 Å². The van der Waals surface area contributed by atoms with Crippen LogP contribution in [0.15, 0.2) is 36.9 Å². The topological polar surface area (TPSA) is 89.3 Å². The van der Waals surface area contributed by atoms with Gasteiger partial charge in [-0.05, 0) is 31.4 Å². The largest absolute Gasteiger partial charge is 0.356 e. The number of aromatic nitrogens is 3. The second-order valence-electron chi connectivity index (χ2n) is 6.84. The molecule has 8 nitrogen and oxygen atoms in total. The molecule has 2 aliphatic rings. The van der Waals surface area contributed by atoms with Crippen molar-refractivity contribution in [2.75, 3.05) is 6.61 Å². The van der Waals surface area contributed by atoms with Crippen LogP contribution in [0.1, 0.15) is 37.2 Å². The Morgan fingerprint density at radius 2 is 2.22 bits per heavy atom. The van der Waals surface area contributed by atoms with Gasteiger partial charge in [-0.15, -0.1) is 0 Å². The minimum atomic E-state index is -0.766. The summed E-state index contributed by atoms with van der Waals surface area (Å²) in [5.74, 6) is 0.472. The van der Waals surface area contributed by atoms with Gasteiger partial charge in [-0.25, -0.2) is 4.98 Å². The first kappa shape index (κ1) is 17.7. The SMILES string of the molecule is CCn1ccnc1CNC(=O)C1OCC(=O)N(C2CC2)C1c1cccnc1. The number of hydrogen-bond donors (Lipinski definition) is 1. The molecule has 2 unspecified atom stereocenters. The number of rotatable bonds is 6. The Balaban J connectivity index is 1.55. The lowest BCUT2D eigenvalue weighted by Gasteiger charge is -2.40. The van der Waals surface area contributed by atoms with Crippen LogP contribution in [-0.2, 0) is 27.4 Å². The van der Waals surface area contributed by atoms with Crippen LogP contribution < -0.4 is 5.32 Å². The summed E-state index contributed by atoms with van der Waals surface area (Å²) in [6, 6.07) is 3.42. The van der Waals surface area contributed by atoms with E-state index in [1.54, 1.807) is 18.6 Å². The van der Waals surface area contributed by atoms with Gasteiger partial charge in [0.05, 0.1) is 12.6 Å². The molecule has 2 atom stereocenters. The average Bonchev–Trinajstić information content (AvgIpc) is 3.43. The van der Waals surface area contributed by atoms with E-state index in [0.29, 0.717) is 6.54 Å². The van der Waals surface area contributed by atoms with Gasteiger partial charge in [0.25, 0.3) is 5.91 Å². The van der Waals surface area contributed by atoms with E-state index in [-0.39, 0.29) is 24.5 Å². The van der Waals surface area contributed by atoms with E-state index in [0.717, 1.165) is 30.8 Å². The summed E-state index contributed by atoms with van der Waals surface area (Å²) in [6.45, 7) is 3.05. The maximum Gasteiger partial charge on any atom is 0.252 e. The summed E-state index contributed by atoms with van der Waals surface area (Å²) in [6.07, 6.45) is 8.13. The molecule has 1 saturated heterocycles. The number of carbonyl (C=O) groups is 2. The van der Waals surface area contributed by atoms with Crippen molar-refractivity contribution in [2.45, 2.75) is 51.0 Å². The third-order valence-corrected chi connectivity index (χ3v) is 5.05. The molecule has 1 saturated carbocycles. The van der Waals surface area contributed by atoms with E-state index >= 15 is 0 Å². The van der Waals surface area contributed by atoms with Crippen LogP contribution in [-0.4, -0.2) is 50.0 Å². The van der Waals surface area contributed by atoms with Gasteiger partial charge in [0.2, 0.25) is 5.91 Å². The van der Waals surface area contributed by atoms with Crippen LogP contribution in [0, 0.1) is 0 Å². The van der Waals surface area contributed by atoms with Crippen LogP contribution >= 0.6 is 0 Å². The van der Waals surface area contributed by atoms with Crippen LogP contribution in [0.3, 0.4) is 0 Å². The van der Waals surface area contributed by atoms with Gasteiger partial charge < -0.3 is 19.5 Å². The molecule has 1 aliphatic heterocycles. The quantitative estimate of drug-likeness (QED) is 0.822. The number of nitrogens with zero attached hydrogens (tertiary/aromatic N) is 4. The fourth-order valence-corrected chi connectivity index (χ4v) is 3.58. The molecule has 2 amide bonds. The number of hydrogen-bond acceptors (Lipinski definition) is 5. The normalized spacial score (nSPS) is 22.7. The Bertz CT molecular complexity index is 818. The highest BCUT2D eigenvalue weighted by Gasteiger charge is 2.47. The molecule has 0 radical (unpaired) electrons. The Hall–Kier alpha value is -2.74. The molecule has 0 aromatic carbocycles. The van der Waals surface area contributed by atoms with E-state index in [2.05, 4.69) is 15.3 Å². The van der Waals surface area contributed by atoms with Crippen molar-refractivity contribution >= 4 is 11.8 Å². The highest BCUT2D eigenvalue weighted by molar-refractivity contribution is 5.86. The molecule has 27 heavy (non-hydrogen) atoms. The summed E-state index contributed by atoms with van der Waals surface area (Å²) in [7, 11) is 0.